The molecule has 0 bridgehead atoms. The molecule has 0 heterocycles. The Kier molecular flexibility index (Phi) is 4.82. The molecule has 0 aliphatic carbocycles. The molecule has 0 spiro atoms. The summed E-state index contributed by atoms with van der Waals surface area (Å²) < 4.78 is 59.9. The summed E-state index contributed by atoms with van der Waals surface area (Å²) in [5.74, 6) is 0. The van der Waals surface area contributed by atoms with Crippen LogP contribution in [0.15, 0.2) is 29.4 Å². The molecular formula is C9H8F3NO4S. The van der Waals surface area contributed by atoms with Gasteiger partial charge in [-0.3, -0.25) is 8.84 Å². The van der Waals surface area contributed by atoms with Gasteiger partial charge >= 0.3 is 17.5 Å². The third kappa shape index (κ3) is 4.09. The molecule has 1 unspecified atom stereocenters. The van der Waals surface area contributed by atoms with Gasteiger partial charge in [0.15, 0.2) is 5.71 Å². The smallest absolute Gasteiger partial charge is 0.392 e. The van der Waals surface area contributed by atoms with E-state index in [1.54, 1.807) is 0 Å². The van der Waals surface area contributed by atoms with Crippen molar-refractivity contribution < 1.29 is 31.3 Å². The second-order valence-corrected chi connectivity index (χ2v) is 3.67. The summed E-state index contributed by atoms with van der Waals surface area (Å²) in [6.07, 6.45) is -4.83. The van der Waals surface area contributed by atoms with E-state index in [0.717, 1.165) is 12.1 Å². The molecule has 9 heteroatoms. The van der Waals surface area contributed by atoms with Crippen LogP contribution in [0.1, 0.15) is 11.1 Å². The van der Waals surface area contributed by atoms with Gasteiger partial charge in [-0.1, -0.05) is 29.4 Å². The van der Waals surface area contributed by atoms with E-state index in [9.17, 15) is 17.4 Å². The van der Waals surface area contributed by atoms with Crippen molar-refractivity contribution in [3.63, 3.8) is 0 Å². The maximum Gasteiger partial charge on any atom is 0.437 e. The van der Waals surface area contributed by atoms with Crippen LogP contribution in [0, 0.1) is 0 Å². The van der Waals surface area contributed by atoms with E-state index in [2.05, 4.69) is 9.44 Å². The fourth-order valence-corrected chi connectivity index (χ4v) is 1.24. The molecule has 0 amide bonds. The molecular weight excluding hydrogens is 275 g/mol. The summed E-state index contributed by atoms with van der Waals surface area (Å²) >= 11 is -2.93. The molecule has 0 saturated carbocycles. The van der Waals surface area contributed by atoms with Crippen LogP contribution in [-0.4, -0.2) is 25.8 Å². The third-order valence-electron chi connectivity index (χ3n) is 1.87. The average molecular weight is 283 g/mol. The maximum absolute atomic E-state index is 12.6. The SMILES string of the molecule is O=S(O)ON=C(c1ccc(CO)cc1)C(F)(F)F. The van der Waals surface area contributed by atoms with Gasteiger partial charge in [-0.15, -0.1) is 0 Å². The summed E-state index contributed by atoms with van der Waals surface area (Å²) in [5.41, 5.74) is -1.36. The molecule has 18 heavy (non-hydrogen) atoms. The highest BCUT2D eigenvalue weighted by atomic mass is 32.2. The standard InChI is InChI=1S/C9H8F3NO4S/c10-9(11,12)8(13-17-18(15)16)7-3-1-6(5-14)2-4-7/h1-4,14H,5H2,(H,15,16). The molecule has 0 radical (unpaired) electrons. The highest BCUT2D eigenvalue weighted by Crippen LogP contribution is 2.23. The van der Waals surface area contributed by atoms with Gasteiger partial charge in [0, 0.05) is 5.56 Å². The van der Waals surface area contributed by atoms with Crippen LogP contribution in [0.2, 0.25) is 0 Å². The molecule has 2 N–H and O–H groups in total. The van der Waals surface area contributed by atoms with Crippen molar-refractivity contribution >= 4 is 17.1 Å². The first kappa shape index (κ1) is 14.6. The van der Waals surface area contributed by atoms with Gasteiger partial charge in [0.2, 0.25) is 0 Å². The zero-order valence-corrected chi connectivity index (χ0v) is 9.53. The minimum absolute atomic E-state index is 0.310. The van der Waals surface area contributed by atoms with Crippen molar-refractivity contribution in [1.82, 2.24) is 0 Å². The van der Waals surface area contributed by atoms with Crippen LogP contribution >= 0.6 is 0 Å². The lowest BCUT2D eigenvalue weighted by atomic mass is 10.1. The zero-order chi connectivity index (χ0) is 13.8. The minimum atomic E-state index is -4.83. The number of hydrogen-bond donors (Lipinski definition) is 2. The van der Waals surface area contributed by atoms with Crippen LogP contribution in [0.5, 0.6) is 0 Å². The molecule has 1 atom stereocenters. The van der Waals surface area contributed by atoms with E-state index >= 15 is 0 Å². The van der Waals surface area contributed by atoms with Gasteiger partial charge < -0.3 is 5.11 Å². The molecule has 0 aliphatic heterocycles. The molecule has 0 aliphatic rings. The van der Waals surface area contributed by atoms with Crippen molar-refractivity contribution in [3.05, 3.63) is 35.4 Å². The fraction of sp³-hybridized carbons (Fsp3) is 0.222. The number of benzene rings is 1. The fourth-order valence-electron chi connectivity index (χ4n) is 1.11. The van der Waals surface area contributed by atoms with E-state index in [-0.39, 0.29) is 12.2 Å². The van der Waals surface area contributed by atoms with E-state index in [0.29, 0.717) is 5.56 Å². The second-order valence-electron chi connectivity index (χ2n) is 3.08. The molecule has 0 aromatic heterocycles. The Balaban J connectivity index is 3.09. The number of hydrogen-bond acceptors (Lipinski definition) is 4. The van der Waals surface area contributed by atoms with Gasteiger partial charge in [-0.25, -0.2) is 0 Å². The Morgan fingerprint density at radius 3 is 2.28 bits per heavy atom. The Morgan fingerprint density at radius 1 is 1.33 bits per heavy atom. The normalized spacial score (nSPS) is 14.4. The van der Waals surface area contributed by atoms with Gasteiger partial charge in [-0.05, 0) is 5.56 Å². The molecule has 1 aromatic carbocycles. The van der Waals surface area contributed by atoms with E-state index in [1.807, 2.05) is 0 Å². The van der Waals surface area contributed by atoms with Crippen molar-refractivity contribution in [1.29, 1.82) is 0 Å². The molecule has 1 aromatic rings. The zero-order valence-electron chi connectivity index (χ0n) is 8.72. The number of aliphatic hydroxyl groups excluding tert-OH is 1. The number of nitrogens with zero attached hydrogens (tertiary/aromatic N) is 1. The number of rotatable bonds is 4. The number of alkyl halides is 3. The molecule has 0 fully saturated rings. The van der Waals surface area contributed by atoms with Gasteiger partial charge in [0.05, 0.1) is 6.61 Å². The van der Waals surface area contributed by atoms with E-state index in [1.165, 1.54) is 12.1 Å². The highest BCUT2D eigenvalue weighted by Gasteiger charge is 2.38. The van der Waals surface area contributed by atoms with E-state index in [4.69, 9.17) is 9.66 Å². The first-order valence-corrected chi connectivity index (χ1v) is 5.51. The largest absolute Gasteiger partial charge is 0.437 e. The molecule has 1 rings (SSSR count). The monoisotopic (exact) mass is 283 g/mol. The third-order valence-corrected chi connectivity index (χ3v) is 2.07. The second kappa shape index (κ2) is 5.94. The van der Waals surface area contributed by atoms with Gasteiger partial charge in [0.1, 0.15) is 0 Å². The lowest BCUT2D eigenvalue weighted by molar-refractivity contribution is -0.0597. The summed E-state index contributed by atoms with van der Waals surface area (Å²) in [5, 5.41) is 11.4. The lowest BCUT2D eigenvalue weighted by Gasteiger charge is -2.09. The van der Waals surface area contributed by atoms with Crippen LogP contribution < -0.4 is 0 Å². The summed E-state index contributed by atoms with van der Waals surface area (Å²) in [4.78, 5) is 0. The summed E-state index contributed by atoms with van der Waals surface area (Å²) in [6, 6.07) is 4.68. The first-order valence-electron chi connectivity index (χ1n) is 4.48. The van der Waals surface area contributed by atoms with Crippen molar-refractivity contribution in [2.75, 3.05) is 0 Å². The molecule has 5 nitrogen and oxygen atoms in total. The van der Waals surface area contributed by atoms with Crippen molar-refractivity contribution in [2.45, 2.75) is 12.8 Å². The Morgan fingerprint density at radius 2 is 1.89 bits per heavy atom. The predicted molar refractivity (Wildman–Crippen MR) is 56.8 cm³/mol. The Labute approximate surface area is 102 Å². The Bertz CT molecular complexity index is 458. The first-order chi connectivity index (χ1) is 8.34. The lowest BCUT2D eigenvalue weighted by Crippen LogP contribution is -2.24. The highest BCUT2D eigenvalue weighted by molar-refractivity contribution is 7.74. The van der Waals surface area contributed by atoms with Crippen molar-refractivity contribution in [2.24, 2.45) is 5.16 Å². The number of halogens is 3. The van der Waals surface area contributed by atoms with Gasteiger partial charge in [0.25, 0.3) is 0 Å². The van der Waals surface area contributed by atoms with Crippen LogP contribution in [0.3, 0.4) is 0 Å². The van der Waals surface area contributed by atoms with Gasteiger partial charge in [-0.2, -0.15) is 17.4 Å². The molecule has 100 valence electrons. The Hall–Kier alpha value is -1.45. The summed E-state index contributed by atoms with van der Waals surface area (Å²) in [6.45, 7) is -0.310. The predicted octanol–water partition coefficient (Wildman–Crippen LogP) is 1.60. The topological polar surface area (TPSA) is 79.1 Å². The van der Waals surface area contributed by atoms with Crippen LogP contribution in [0.25, 0.3) is 0 Å². The van der Waals surface area contributed by atoms with Crippen LogP contribution in [-0.2, 0) is 22.3 Å². The van der Waals surface area contributed by atoms with E-state index < -0.39 is 23.2 Å². The number of oxime groups is 1. The minimum Gasteiger partial charge on any atom is -0.392 e. The number of aliphatic hydroxyl groups is 1. The maximum atomic E-state index is 12.6. The van der Waals surface area contributed by atoms with Crippen LogP contribution in [0.4, 0.5) is 13.2 Å². The molecule has 0 saturated heterocycles. The average Bonchev–Trinajstić information content (AvgIpc) is 2.28. The summed E-state index contributed by atoms with van der Waals surface area (Å²) in [7, 11) is 0. The van der Waals surface area contributed by atoms with Crippen molar-refractivity contribution in [3.8, 4) is 0 Å². The quantitative estimate of drug-likeness (QED) is 0.500.